The van der Waals surface area contributed by atoms with Crippen molar-refractivity contribution < 1.29 is 24.2 Å². The Labute approximate surface area is 115 Å². The predicted octanol–water partition coefficient (Wildman–Crippen LogP) is 0.503. The topological polar surface area (TPSA) is 98.7 Å². The van der Waals surface area contributed by atoms with Crippen LogP contribution in [0.4, 0.5) is 9.18 Å². The fourth-order valence-corrected chi connectivity index (χ4v) is 1.57. The van der Waals surface area contributed by atoms with Crippen LogP contribution in [0.2, 0.25) is 0 Å². The van der Waals surface area contributed by atoms with Crippen LogP contribution < -0.4 is 10.6 Å². The van der Waals surface area contributed by atoms with Crippen molar-refractivity contribution in [3.63, 3.8) is 0 Å². The molecule has 0 radical (unpaired) electrons. The second-order valence-corrected chi connectivity index (χ2v) is 4.18. The van der Waals surface area contributed by atoms with Gasteiger partial charge in [-0.1, -0.05) is 12.1 Å². The summed E-state index contributed by atoms with van der Waals surface area (Å²) in [6, 6.07) is 4.15. The van der Waals surface area contributed by atoms with Crippen molar-refractivity contribution in [3.05, 3.63) is 35.6 Å². The third kappa shape index (κ3) is 5.66. The molecule has 0 aromatic heterocycles. The lowest BCUT2D eigenvalue weighted by Gasteiger charge is -2.13. The number of nitrogens with one attached hydrogen (secondary N) is 2. The number of carbonyl (C=O) groups excluding carboxylic acids is 1. The molecular weight excluding hydrogens is 267 g/mol. The van der Waals surface area contributed by atoms with E-state index in [4.69, 9.17) is 10.2 Å². The molecule has 0 saturated carbocycles. The Morgan fingerprint density at radius 2 is 1.90 bits per heavy atom. The van der Waals surface area contributed by atoms with Crippen molar-refractivity contribution in [3.8, 4) is 0 Å². The molecule has 0 aliphatic rings. The van der Waals surface area contributed by atoms with E-state index in [9.17, 15) is 14.0 Å². The number of halogens is 1. The van der Waals surface area contributed by atoms with Gasteiger partial charge in [-0.15, -0.1) is 0 Å². The molecule has 1 rings (SSSR count). The number of amides is 2. The molecular formula is C13H17FN2O4. The highest BCUT2D eigenvalue weighted by molar-refractivity contribution is 5.82. The number of hydrogen-bond acceptors (Lipinski definition) is 3. The third-order valence-corrected chi connectivity index (χ3v) is 2.63. The van der Waals surface area contributed by atoms with Crippen LogP contribution in [0.1, 0.15) is 12.0 Å². The third-order valence-electron chi connectivity index (χ3n) is 2.63. The van der Waals surface area contributed by atoms with E-state index < -0.39 is 18.0 Å². The van der Waals surface area contributed by atoms with Crippen molar-refractivity contribution in [1.82, 2.24) is 10.6 Å². The van der Waals surface area contributed by atoms with E-state index in [1.165, 1.54) is 12.1 Å². The maximum atomic E-state index is 12.7. The summed E-state index contributed by atoms with van der Waals surface area (Å²) >= 11 is 0. The molecule has 0 aliphatic heterocycles. The van der Waals surface area contributed by atoms with Gasteiger partial charge >= 0.3 is 12.0 Å². The summed E-state index contributed by atoms with van der Waals surface area (Å²) < 4.78 is 12.7. The van der Waals surface area contributed by atoms with Gasteiger partial charge in [-0.05, 0) is 24.1 Å². The Kier molecular flexibility index (Phi) is 6.45. The molecule has 0 fully saturated rings. The number of benzene rings is 1. The van der Waals surface area contributed by atoms with Gasteiger partial charge < -0.3 is 20.8 Å². The van der Waals surface area contributed by atoms with E-state index in [1.807, 2.05) is 0 Å². The van der Waals surface area contributed by atoms with E-state index in [2.05, 4.69) is 10.6 Å². The van der Waals surface area contributed by atoms with Crippen LogP contribution in [-0.4, -0.2) is 41.4 Å². The molecule has 0 saturated heterocycles. The minimum absolute atomic E-state index is 0.0548. The first-order chi connectivity index (χ1) is 9.52. The zero-order chi connectivity index (χ0) is 15.0. The summed E-state index contributed by atoms with van der Waals surface area (Å²) in [7, 11) is 0. The summed E-state index contributed by atoms with van der Waals surface area (Å²) in [5.41, 5.74) is 0.858. The van der Waals surface area contributed by atoms with Gasteiger partial charge in [0, 0.05) is 19.6 Å². The first-order valence-corrected chi connectivity index (χ1v) is 6.15. The van der Waals surface area contributed by atoms with Gasteiger partial charge in [0.05, 0.1) is 0 Å². The smallest absolute Gasteiger partial charge is 0.326 e. The molecule has 1 aromatic carbocycles. The molecule has 0 aliphatic carbocycles. The minimum atomic E-state index is -1.20. The van der Waals surface area contributed by atoms with Crippen LogP contribution in [0.5, 0.6) is 0 Å². The summed E-state index contributed by atoms with van der Waals surface area (Å²) in [5, 5.41) is 22.2. The van der Waals surface area contributed by atoms with E-state index in [1.54, 1.807) is 12.1 Å². The number of urea groups is 1. The second kappa shape index (κ2) is 8.11. The molecule has 110 valence electrons. The number of carboxylic acid groups (broad SMARTS) is 1. The molecule has 0 unspecified atom stereocenters. The lowest BCUT2D eigenvalue weighted by molar-refractivity contribution is -0.139. The standard InChI is InChI=1S/C13H17FN2O4/c14-10-3-1-9(2-4-10)5-7-15-13(20)16-11(6-8-17)12(18)19/h1-4,11,17H,5-8H2,(H,18,19)(H2,15,16,20)/t11-/m0/s1. The molecule has 1 aromatic rings. The summed E-state index contributed by atoms with van der Waals surface area (Å²) in [4.78, 5) is 22.2. The fraction of sp³-hybridized carbons (Fsp3) is 0.385. The van der Waals surface area contributed by atoms with Gasteiger partial charge in [-0.3, -0.25) is 0 Å². The van der Waals surface area contributed by atoms with Crippen LogP contribution in [-0.2, 0) is 11.2 Å². The van der Waals surface area contributed by atoms with E-state index >= 15 is 0 Å². The Hall–Kier alpha value is -2.15. The molecule has 0 bridgehead atoms. The molecule has 7 heteroatoms. The fourth-order valence-electron chi connectivity index (χ4n) is 1.57. The Bertz CT molecular complexity index is 450. The van der Waals surface area contributed by atoms with Crippen molar-refractivity contribution in [2.75, 3.05) is 13.2 Å². The average Bonchev–Trinajstić information content (AvgIpc) is 2.40. The zero-order valence-electron chi connectivity index (χ0n) is 10.8. The van der Waals surface area contributed by atoms with Crippen molar-refractivity contribution in [2.45, 2.75) is 18.9 Å². The highest BCUT2D eigenvalue weighted by Gasteiger charge is 2.18. The Balaban J connectivity index is 2.32. The Morgan fingerprint density at radius 3 is 2.45 bits per heavy atom. The van der Waals surface area contributed by atoms with E-state index in [0.29, 0.717) is 13.0 Å². The first-order valence-electron chi connectivity index (χ1n) is 6.15. The van der Waals surface area contributed by atoms with E-state index in [-0.39, 0.29) is 18.8 Å². The summed E-state index contributed by atoms with van der Waals surface area (Å²) in [6.45, 7) is -0.0320. The number of aliphatic hydroxyl groups is 1. The zero-order valence-corrected chi connectivity index (χ0v) is 10.8. The second-order valence-electron chi connectivity index (χ2n) is 4.18. The number of aliphatic hydroxyl groups excluding tert-OH is 1. The lowest BCUT2D eigenvalue weighted by Crippen LogP contribution is -2.46. The minimum Gasteiger partial charge on any atom is -0.480 e. The van der Waals surface area contributed by atoms with Gasteiger partial charge in [-0.2, -0.15) is 0 Å². The predicted molar refractivity (Wildman–Crippen MR) is 69.8 cm³/mol. The van der Waals surface area contributed by atoms with E-state index in [0.717, 1.165) is 5.56 Å². The van der Waals surface area contributed by atoms with Crippen LogP contribution in [0.15, 0.2) is 24.3 Å². The normalized spacial score (nSPS) is 11.7. The monoisotopic (exact) mass is 284 g/mol. The van der Waals surface area contributed by atoms with Crippen LogP contribution in [0.3, 0.4) is 0 Å². The van der Waals surface area contributed by atoms with Crippen LogP contribution in [0, 0.1) is 5.82 Å². The van der Waals surface area contributed by atoms with Gasteiger partial charge in [0.15, 0.2) is 0 Å². The molecule has 0 heterocycles. The number of aliphatic carboxylic acids is 1. The maximum absolute atomic E-state index is 12.7. The summed E-state index contributed by atoms with van der Waals surface area (Å²) in [5.74, 6) is -1.53. The van der Waals surface area contributed by atoms with Crippen LogP contribution >= 0.6 is 0 Å². The van der Waals surface area contributed by atoms with Crippen molar-refractivity contribution >= 4 is 12.0 Å². The number of hydrogen-bond donors (Lipinski definition) is 4. The SMILES string of the molecule is O=C(NCCc1ccc(F)cc1)N[C@@H](CCO)C(=O)O. The molecule has 2 amide bonds. The number of carbonyl (C=O) groups is 2. The quantitative estimate of drug-likeness (QED) is 0.586. The lowest BCUT2D eigenvalue weighted by atomic mass is 10.1. The number of rotatable bonds is 7. The molecule has 6 nitrogen and oxygen atoms in total. The average molecular weight is 284 g/mol. The van der Waals surface area contributed by atoms with Crippen molar-refractivity contribution in [1.29, 1.82) is 0 Å². The summed E-state index contributed by atoms with van der Waals surface area (Å²) in [6.07, 6.45) is 0.451. The number of carboxylic acids is 1. The molecule has 4 N–H and O–H groups in total. The van der Waals surface area contributed by atoms with Gasteiger partial charge in [0.1, 0.15) is 11.9 Å². The van der Waals surface area contributed by atoms with Gasteiger partial charge in [-0.25, -0.2) is 14.0 Å². The Morgan fingerprint density at radius 1 is 1.25 bits per heavy atom. The molecule has 20 heavy (non-hydrogen) atoms. The first kappa shape index (κ1) is 15.9. The van der Waals surface area contributed by atoms with Gasteiger partial charge in [0.2, 0.25) is 0 Å². The van der Waals surface area contributed by atoms with Crippen molar-refractivity contribution in [2.24, 2.45) is 0 Å². The highest BCUT2D eigenvalue weighted by atomic mass is 19.1. The highest BCUT2D eigenvalue weighted by Crippen LogP contribution is 2.02. The largest absolute Gasteiger partial charge is 0.480 e. The molecule has 1 atom stereocenters. The molecule has 0 spiro atoms. The van der Waals surface area contributed by atoms with Gasteiger partial charge in [0.25, 0.3) is 0 Å². The van der Waals surface area contributed by atoms with Crippen LogP contribution in [0.25, 0.3) is 0 Å². The maximum Gasteiger partial charge on any atom is 0.326 e.